The minimum Gasteiger partial charge on any atom is -0.363 e. The van der Waals surface area contributed by atoms with Crippen LogP contribution in [-0.2, 0) is 6.42 Å². The molecule has 0 bridgehead atoms. The van der Waals surface area contributed by atoms with Gasteiger partial charge in [0.05, 0.1) is 17.3 Å². The molecular weight excluding hydrogens is 346 g/mol. The van der Waals surface area contributed by atoms with Crippen molar-refractivity contribution in [1.82, 2.24) is 14.6 Å². The summed E-state index contributed by atoms with van der Waals surface area (Å²) in [5.41, 5.74) is 6.74. The molecule has 0 spiro atoms. The average Bonchev–Trinajstić information content (AvgIpc) is 3.16. The molecule has 0 aliphatic carbocycles. The second-order valence-electron chi connectivity index (χ2n) is 6.96. The molecule has 0 fully saturated rings. The largest absolute Gasteiger partial charge is 0.363 e. The van der Waals surface area contributed by atoms with Crippen molar-refractivity contribution in [2.75, 3.05) is 19.0 Å². The Balaban J connectivity index is 1.91. The molecule has 4 aromatic rings. The zero-order chi connectivity index (χ0) is 19.7. The fraction of sp³-hybridized carbons (Fsp3) is 0.174. The van der Waals surface area contributed by atoms with E-state index in [1.807, 2.05) is 43.5 Å². The van der Waals surface area contributed by atoms with Crippen LogP contribution >= 0.6 is 0 Å². The van der Waals surface area contributed by atoms with Crippen molar-refractivity contribution in [2.24, 2.45) is 0 Å². The van der Waals surface area contributed by atoms with Gasteiger partial charge in [0.1, 0.15) is 11.9 Å². The van der Waals surface area contributed by atoms with E-state index < -0.39 is 0 Å². The van der Waals surface area contributed by atoms with Gasteiger partial charge in [-0.05, 0) is 35.7 Å². The SMILES string of the molecule is CCc1ccc(-c2cc(-c3ccc(N(C)C)nc3)c3c(C#N)cnn3c2)cc1. The lowest BCUT2D eigenvalue weighted by molar-refractivity contribution is 0.963. The van der Waals surface area contributed by atoms with Crippen LogP contribution in [0, 0.1) is 11.3 Å². The Kier molecular flexibility index (Phi) is 4.54. The molecule has 4 rings (SSSR count). The van der Waals surface area contributed by atoms with Gasteiger partial charge < -0.3 is 4.90 Å². The normalized spacial score (nSPS) is 10.8. The Morgan fingerprint density at radius 2 is 1.75 bits per heavy atom. The van der Waals surface area contributed by atoms with Crippen LogP contribution in [-0.4, -0.2) is 28.7 Å². The van der Waals surface area contributed by atoms with Gasteiger partial charge in [0.2, 0.25) is 0 Å². The molecule has 0 atom stereocenters. The van der Waals surface area contributed by atoms with Crippen molar-refractivity contribution in [3.8, 4) is 28.3 Å². The molecule has 5 nitrogen and oxygen atoms in total. The van der Waals surface area contributed by atoms with Gasteiger partial charge in [-0.15, -0.1) is 0 Å². The van der Waals surface area contributed by atoms with Gasteiger partial charge in [0.25, 0.3) is 0 Å². The first kappa shape index (κ1) is 17.7. The van der Waals surface area contributed by atoms with Gasteiger partial charge >= 0.3 is 0 Å². The Hall–Kier alpha value is -3.65. The minimum absolute atomic E-state index is 0.555. The summed E-state index contributed by atoms with van der Waals surface area (Å²) in [6.45, 7) is 2.15. The predicted molar refractivity (Wildman–Crippen MR) is 112 cm³/mol. The maximum absolute atomic E-state index is 9.53. The Morgan fingerprint density at radius 3 is 2.36 bits per heavy atom. The number of fused-ring (bicyclic) bond motifs is 1. The number of aromatic nitrogens is 3. The summed E-state index contributed by atoms with van der Waals surface area (Å²) in [5.74, 6) is 0.889. The number of pyridine rings is 2. The van der Waals surface area contributed by atoms with E-state index >= 15 is 0 Å². The molecule has 1 aromatic carbocycles. The molecule has 0 unspecified atom stereocenters. The lowest BCUT2D eigenvalue weighted by Gasteiger charge is -2.13. The van der Waals surface area contributed by atoms with Crippen LogP contribution in [0.2, 0.25) is 0 Å². The van der Waals surface area contributed by atoms with Crippen LogP contribution in [0.1, 0.15) is 18.1 Å². The number of hydrogen-bond acceptors (Lipinski definition) is 4. The van der Waals surface area contributed by atoms with Gasteiger partial charge in [-0.1, -0.05) is 31.2 Å². The third kappa shape index (κ3) is 3.10. The maximum atomic E-state index is 9.53. The van der Waals surface area contributed by atoms with E-state index in [2.05, 4.69) is 53.4 Å². The summed E-state index contributed by atoms with van der Waals surface area (Å²) < 4.78 is 1.79. The smallest absolute Gasteiger partial charge is 0.127 e. The molecule has 0 saturated heterocycles. The summed E-state index contributed by atoms with van der Waals surface area (Å²) in [4.78, 5) is 6.50. The molecule has 0 saturated carbocycles. The molecule has 0 amide bonds. The van der Waals surface area contributed by atoms with Gasteiger partial charge in [0.15, 0.2) is 0 Å². The topological polar surface area (TPSA) is 57.2 Å². The van der Waals surface area contributed by atoms with Crippen LogP contribution < -0.4 is 4.90 Å². The van der Waals surface area contributed by atoms with Gasteiger partial charge in [-0.25, -0.2) is 9.50 Å². The lowest BCUT2D eigenvalue weighted by Crippen LogP contribution is -2.10. The maximum Gasteiger partial charge on any atom is 0.127 e. The number of aryl methyl sites for hydroxylation is 1. The predicted octanol–water partition coefficient (Wildman–Crippen LogP) is 4.56. The van der Waals surface area contributed by atoms with Crippen molar-refractivity contribution in [1.29, 1.82) is 5.26 Å². The highest BCUT2D eigenvalue weighted by Crippen LogP contribution is 2.32. The standard InChI is InChI=1S/C23H21N5/c1-4-16-5-7-17(8-6-16)19-11-21(18-9-10-22(25-13-18)27(2)3)23-20(12-24)14-26-28(23)15-19/h5-11,13-15H,4H2,1-3H3. The molecule has 0 aliphatic heterocycles. The van der Waals surface area contributed by atoms with Gasteiger partial charge in [-0.3, -0.25) is 0 Å². The molecule has 138 valence electrons. The van der Waals surface area contributed by atoms with Gasteiger partial charge in [0, 0.05) is 43.2 Å². The van der Waals surface area contributed by atoms with Crippen molar-refractivity contribution in [3.63, 3.8) is 0 Å². The molecule has 3 heterocycles. The molecule has 5 heteroatoms. The minimum atomic E-state index is 0.555. The van der Waals surface area contributed by atoms with Crippen molar-refractivity contribution < 1.29 is 0 Å². The van der Waals surface area contributed by atoms with E-state index in [-0.39, 0.29) is 0 Å². The molecule has 0 N–H and O–H groups in total. The molecule has 28 heavy (non-hydrogen) atoms. The number of hydrogen-bond donors (Lipinski definition) is 0. The number of anilines is 1. The zero-order valence-electron chi connectivity index (χ0n) is 16.2. The number of nitriles is 1. The Morgan fingerprint density at radius 1 is 1.00 bits per heavy atom. The van der Waals surface area contributed by atoms with Crippen LogP contribution in [0.15, 0.2) is 61.1 Å². The van der Waals surface area contributed by atoms with E-state index in [0.717, 1.165) is 40.0 Å². The second-order valence-corrected chi connectivity index (χ2v) is 6.96. The third-order valence-electron chi connectivity index (χ3n) is 4.94. The van der Waals surface area contributed by atoms with E-state index in [4.69, 9.17) is 0 Å². The quantitative estimate of drug-likeness (QED) is 0.530. The number of benzene rings is 1. The van der Waals surface area contributed by atoms with Crippen molar-refractivity contribution in [3.05, 3.63) is 72.2 Å². The fourth-order valence-corrected chi connectivity index (χ4v) is 3.32. The summed E-state index contributed by atoms with van der Waals surface area (Å²) in [7, 11) is 3.93. The monoisotopic (exact) mass is 367 g/mol. The Bertz CT molecular complexity index is 1160. The summed E-state index contributed by atoms with van der Waals surface area (Å²) in [6, 6.07) is 16.9. The Labute approximate surface area is 164 Å². The van der Waals surface area contributed by atoms with E-state index in [1.165, 1.54) is 5.56 Å². The number of nitrogens with zero attached hydrogens (tertiary/aromatic N) is 5. The van der Waals surface area contributed by atoms with Crippen molar-refractivity contribution >= 4 is 11.3 Å². The lowest BCUT2D eigenvalue weighted by atomic mass is 9.99. The molecular formula is C23H21N5. The van der Waals surface area contributed by atoms with E-state index in [0.29, 0.717) is 5.56 Å². The fourth-order valence-electron chi connectivity index (χ4n) is 3.32. The highest BCUT2D eigenvalue weighted by molar-refractivity contribution is 5.87. The summed E-state index contributed by atoms with van der Waals surface area (Å²) >= 11 is 0. The van der Waals surface area contributed by atoms with Crippen molar-refractivity contribution in [2.45, 2.75) is 13.3 Å². The first-order valence-electron chi connectivity index (χ1n) is 9.25. The first-order chi connectivity index (χ1) is 13.6. The average molecular weight is 367 g/mol. The molecule has 0 aliphatic rings. The summed E-state index contributed by atoms with van der Waals surface area (Å²) in [5, 5.41) is 13.9. The van der Waals surface area contributed by atoms with E-state index in [9.17, 15) is 5.26 Å². The van der Waals surface area contributed by atoms with Crippen LogP contribution in [0.25, 0.3) is 27.8 Å². The zero-order valence-corrected chi connectivity index (χ0v) is 16.2. The number of rotatable bonds is 4. The third-order valence-corrected chi connectivity index (χ3v) is 4.94. The van der Waals surface area contributed by atoms with Crippen LogP contribution in [0.3, 0.4) is 0 Å². The first-order valence-corrected chi connectivity index (χ1v) is 9.25. The molecule has 0 radical (unpaired) electrons. The highest BCUT2D eigenvalue weighted by Gasteiger charge is 2.14. The van der Waals surface area contributed by atoms with Crippen LogP contribution in [0.5, 0.6) is 0 Å². The second kappa shape index (κ2) is 7.16. The summed E-state index contributed by atoms with van der Waals surface area (Å²) in [6.07, 6.45) is 6.45. The van der Waals surface area contributed by atoms with E-state index in [1.54, 1.807) is 10.7 Å². The van der Waals surface area contributed by atoms with Gasteiger partial charge in [-0.2, -0.15) is 10.4 Å². The van der Waals surface area contributed by atoms with Crippen LogP contribution in [0.4, 0.5) is 5.82 Å². The molecule has 3 aromatic heterocycles. The highest BCUT2D eigenvalue weighted by atomic mass is 15.2.